The zero-order valence-corrected chi connectivity index (χ0v) is 7.32. The third-order valence-electron chi connectivity index (χ3n) is 1.82. The van der Waals surface area contributed by atoms with Crippen molar-refractivity contribution >= 4 is 12.4 Å². The number of hydrogen-bond donors (Lipinski definition) is 2. The lowest BCUT2D eigenvalue weighted by Crippen LogP contribution is -2.44. The summed E-state index contributed by atoms with van der Waals surface area (Å²) in [5.74, 6) is 0. The maximum Gasteiger partial charge on any atom is 0.0569 e. The minimum Gasteiger partial charge on any atom is -0.393 e. The van der Waals surface area contributed by atoms with Crippen LogP contribution in [0.2, 0.25) is 0 Å². The molecule has 10 heavy (non-hydrogen) atoms. The highest BCUT2D eigenvalue weighted by molar-refractivity contribution is 5.85. The number of aliphatic hydroxyl groups excluding tert-OH is 1. The number of hydrogen-bond acceptors (Lipinski definition) is 2. The van der Waals surface area contributed by atoms with Crippen LogP contribution in [0.1, 0.15) is 26.7 Å². The molecular formula is C7H16ClNO. The molecule has 0 aliphatic carbocycles. The van der Waals surface area contributed by atoms with E-state index in [0.29, 0.717) is 12.1 Å². The zero-order valence-electron chi connectivity index (χ0n) is 6.50. The van der Waals surface area contributed by atoms with E-state index in [1.807, 2.05) is 0 Å². The molecule has 3 heteroatoms. The van der Waals surface area contributed by atoms with Crippen molar-refractivity contribution in [1.82, 2.24) is 5.32 Å². The highest BCUT2D eigenvalue weighted by Gasteiger charge is 2.20. The minimum atomic E-state index is -0.0729. The fourth-order valence-electron chi connectivity index (χ4n) is 1.53. The largest absolute Gasteiger partial charge is 0.393 e. The highest BCUT2D eigenvalue weighted by atomic mass is 35.5. The minimum absolute atomic E-state index is 0. The number of piperidine rings is 1. The molecule has 1 saturated heterocycles. The highest BCUT2D eigenvalue weighted by Crippen LogP contribution is 2.11. The first-order valence-corrected chi connectivity index (χ1v) is 3.62. The topological polar surface area (TPSA) is 32.3 Å². The summed E-state index contributed by atoms with van der Waals surface area (Å²) >= 11 is 0. The van der Waals surface area contributed by atoms with Gasteiger partial charge in [-0.2, -0.15) is 0 Å². The molecule has 0 saturated carbocycles. The molecule has 0 aromatic carbocycles. The summed E-state index contributed by atoms with van der Waals surface area (Å²) in [4.78, 5) is 0. The summed E-state index contributed by atoms with van der Waals surface area (Å²) < 4.78 is 0. The lowest BCUT2D eigenvalue weighted by atomic mass is 9.98. The smallest absolute Gasteiger partial charge is 0.0569 e. The molecule has 1 aliphatic rings. The van der Waals surface area contributed by atoms with Crippen molar-refractivity contribution in [2.75, 3.05) is 0 Å². The molecule has 2 N–H and O–H groups in total. The van der Waals surface area contributed by atoms with Crippen LogP contribution in [0.15, 0.2) is 0 Å². The molecule has 0 aromatic rings. The molecule has 0 amide bonds. The van der Waals surface area contributed by atoms with Gasteiger partial charge in [-0.05, 0) is 26.7 Å². The fraction of sp³-hybridized carbons (Fsp3) is 1.00. The van der Waals surface area contributed by atoms with Crippen molar-refractivity contribution in [3.8, 4) is 0 Å². The molecule has 1 heterocycles. The summed E-state index contributed by atoms with van der Waals surface area (Å²) in [6.45, 7) is 4.22. The normalized spacial score (nSPS) is 40.5. The van der Waals surface area contributed by atoms with Crippen LogP contribution in [-0.2, 0) is 0 Å². The first-order valence-electron chi connectivity index (χ1n) is 3.62. The second-order valence-corrected chi connectivity index (χ2v) is 3.09. The van der Waals surface area contributed by atoms with Gasteiger partial charge in [0.25, 0.3) is 0 Å². The van der Waals surface area contributed by atoms with Gasteiger partial charge < -0.3 is 10.4 Å². The number of nitrogens with one attached hydrogen (secondary N) is 1. The van der Waals surface area contributed by atoms with E-state index in [4.69, 9.17) is 0 Å². The maximum atomic E-state index is 9.21. The van der Waals surface area contributed by atoms with Crippen molar-refractivity contribution in [2.24, 2.45) is 0 Å². The van der Waals surface area contributed by atoms with E-state index in [9.17, 15) is 5.11 Å². The SMILES string of the molecule is C[C@H]1CC(O)C[C@H](C)N1.Cl. The van der Waals surface area contributed by atoms with Crippen LogP contribution in [0.25, 0.3) is 0 Å². The van der Waals surface area contributed by atoms with E-state index in [-0.39, 0.29) is 18.5 Å². The molecule has 0 bridgehead atoms. The number of halogens is 1. The first kappa shape index (κ1) is 10.2. The van der Waals surface area contributed by atoms with Gasteiger partial charge >= 0.3 is 0 Å². The molecule has 0 spiro atoms. The van der Waals surface area contributed by atoms with Crippen molar-refractivity contribution < 1.29 is 5.11 Å². The summed E-state index contributed by atoms with van der Waals surface area (Å²) in [7, 11) is 0. The Morgan fingerprint density at radius 1 is 1.20 bits per heavy atom. The molecule has 1 aliphatic heterocycles. The Labute approximate surface area is 68.4 Å². The lowest BCUT2D eigenvalue weighted by Gasteiger charge is -2.29. The predicted octanol–water partition coefficient (Wildman–Crippen LogP) is 0.929. The fourth-order valence-corrected chi connectivity index (χ4v) is 1.53. The molecule has 1 fully saturated rings. The average molecular weight is 166 g/mol. The van der Waals surface area contributed by atoms with Crippen molar-refractivity contribution in [3.63, 3.8) is 0 Å². The average Bonchev–Trinajstić information content (AvgIpc) is 1.59. The van der Waals surface area contributed by atoms with Crippen LogP contribution in [0.5, 0.6) is 0 Å². The van der Waals surface area contributed by atoms with Crippen LogP contribution < -0.4 is 5.32 Å². The zero-order chi connectivity index (χ0) is 6.85. The quantitative estimate of drug-likeness (QED) is 0.560. The number of rotatable bonds is 0. The Morgan fingerprint density at radius 2 is 1.60 bits per heavy atom. The van der Waals surface area contributed by atoms with Gasteiger partial charge in [0, 0.05) is 12.1 Å². The Balaban J connectivity index is 0.000000810. The van der Waals surface area contributed by atoms with Crippen molar-refractivity contribution in [3.05, 3.63) is 0 Å². The molecular weight excluding hydrogens is 150 g/mol. The van der Waals surface area contributed by atoms with E-state index < -0.39 is 0 Å². The molecule has 1 rings (SSSR count). The van der Waals surface area contributed by atoms with Gasteiger partial charge in [-0.15, -0.1) is 12.4 Å². The van der Waals surface area contributed by atoms with E-state index in [0.717, 1.165) is 12.8 Å². The Hall–Kier alpha value is 0.210. The summed E-state index contributed by atoms with van der Waals surface area (Å²) in [5, 5.41) is 12.6. The van der Waals surface area contributed by atoms with Crippen LogP contribution in [-0.4, -0.2) is 23.3 Å². The van der Waals surface area contributed by atoms with Gasteiger partial charge in [-0.25, -0.2) is 0 Å². The summed E-state index contributed by atoms with van der Waals surface area (Å²) in [6.07, 6.45) is 1.74. The maximum absolute atomic E-state index is 9.21. The third kappa shape index (κ3) is 2.86. The van der Waals surface area contributed by atoms with Gasteiger partial charge in [0.15, 0.2) is 0 Å². The van der Waals surface area contributed by atoms with E-state index in [1.165, 1.54) is 0 Å². The molecule has 62 valence electrons. The Bertz CT molecular complexity index is 74.6. The third-order valence-corrected chi connectivity index (χ3v) is 1.82. The second-order valence-electron chi connectivity index (χ2n) is 3.09. The van der Waals surface area contributed by atoms with Gasteiger partial charge in [0.1, 0.15) is 0 Å². The van der Waals surface area contributed by atoms with E-state index >= 15 is 0 Å². The monoisotopic (exact) mass is 165 g/mol. The molecule has 0 unspecified atom stereocenters. The second kappa shape index (κ2) is 4.16. The van der Waals surface area contributed by atoms with Crippen LogP contribution >= 0.6 is 12.4 Å². The predicted molar refractivity (Wildman–Crippen MR) is 44.5 cm³/mol. The standard InChI is InChI=1S/C7H15NO.ClH/c1-5-3-7(9)4-6(2)8-5;/h5-9H,3-4H2,1-2H3;1H/t5-,6-;/m0./s1. The van der Waals surface area contributed by atoms with Crippen molar-refractivity contribution in [2.45, 2.75) is 44.9 Å². The van der Waals surface area contributed by atoms with Gasteiger partial charge in [0.2, 0.25) is 0 Å². The van der Waals surface area contributed by atoms with Gasteiger partial charge in [0.05, 0.1) is 6.10 Å². The van der Waals surface area contributed by atoms with Crippen LogP contribution in [0.4, 0.5) is 0 Å². The van der Waals surface area contributed by atoms with Crippen LogP contribution in [0.3, 0.4) is 0 Å². The van der Waals surface area contributed by atoms with Gasteiger partial charge in [-0.1, -0.05) is 0 Å². The number of aliphatic hydroxyl groups is 1. The van der Waals surface area contributed by atoms with Crippen molar-refractivity contribution in [1.29, 1.82) is 0 Å². The molecule has 2 atom stereocenters. The first-order chi connectivity index (χ1) is 4.18. The van der Waals surface area contributed by atoms with E-state index in [1.54, 1.807) is 0 Å². The molecule has 0 radical (unpaired) electrons. The Morgan fingerprint density at radius 3 is 1.90 bits per heavy atom. The molecule has 0 aromatic heterocycles. The molecule has 2 nitrogen and oxygen atoms in total. The summed E-state index contributed by atoms with van der Waals surface area (Å²) in [5.41, 5.74) is 0. The van der Waals surface area contributed by atoms with Crippen LogP contribution in [0, 0.1) is 0 Å². The van der Waals surface area contributed by atoms with E-state index in [2.05, 4.69) is 19.2 Å². The lowest BCUT2D eigenvalue weighted by molar-refractivity contribution is 0.102. The Kier molecular flexibility index (Phi) is 4.25. The van der Waals surface area contributed by atoms with Gasteiger partial charge in [-0.3, -0.25) is 0 Å². The summed E-state index contributed by atoms with van der Waals surface area (Å²) in [6, 6.07) is 0.979.